The molecular formula is C15H14FN3O3S. The molecule has 0 radical (unpaired) electrons. The smallest absolute Gasteiger partial charge is 0.276 e. The normalized spacial score (nSPS) is 12.0. The van der Waals surface area contributed by atoms with Gasteiger partial charge in [0.2, 0.25) is 0 Å². The van der Waals surface area contributed by atoms with Crippen LogP contribution in [0.5, 0.6) is 0 Å². The van der Waals surface area contributed by atoms with Gasteiger partial charge < -0.3 is 4.57 Å². The van der Waals surface area contributed by atoms with Gasteiger partial charge in [0.1, 0.15) is 11.3 Å². The van der Waals surface area contributed by atoms with E-state index in [1.54, 1.807) is 7.05 Å². The molecule has 8 heteroatoms. The maximum Gasteiger partial charge on any atom is 0.276 e. The SMILES string of the molecule is CCS(=O)(=O)c1ccc(F)c(-c2cn(C)c(=O)c3cncn23)c1. The van der Waals surface area contributed by atoms with Crippen molar-refractivity contribution < 1.29 is 12.8 Å². The van der Waals surface area contributed by atoms with Crippen molar-refractivity contribution >= 4 is 15.4 Å². The van der Waals surface area contributed by atoms with E-state index in [0.29, 0.717) is 5.69 Å². The van der Waals surface area contributed by atoms with Crippen LogP contribution in [0.2, 0.25) is 0 Å². The highest BCUT2D eigenvalue weighted by Crippen LogP contribution is 2.26. The average Bonchev–Trinajstić information content (AvgIpc) is 3.01. The fraction of sp³-hybridized carbons (Fsp3) is 0.200. The number of hydrogen-bond acceptors (Lipinski definition) is 4. The van der Waals surface area contributed by atoms with Crippen molar-refractivity contribution in [3.05, 3.63) is 53.1 Å². The van der Waals surface area contributed by atoms with Gasteiger partial charge in [0.05, 0.1) is 28.9 Å². The molecule has 0 bridgehead atoms. The van der Waals surface area contributed by atoms with Crippen LogP contribution >= 0.6 is 0 Å². The highest BCUT2D eigenvalue weighted by Gasteiger charge is 2.18. The van der Waals surface area contributed by atoms with Crippen LogP contribution in [0, 0.1) is 5.82 Å². The number of sulfone groups is 1. The molecule has 6 nitrogen and oxygen atoms in total. The summed E-state index contributed by atoms with van der Waals surface area (Å²) < 4.78 is 41.1. The Bertz CT molecular complexity index is 1070. The van der Waals surface area contributed by atoms with E-state index in [1.807, 2.05) is 0 Å². The maximum absolute atomic E-state index is 14.3. The number of nitrogens with zero attached hydrogens (tertiary/aromatic N) is 3. The van der Waals surface area contributed by atoms with Gasteiger partial charge in [-0.25, -0.2) is 17.8 Å². The quantitative estimate of drug-likeness (QED) is 0.682. The van der Waals surface area contributed by atoms with E-state index >= 15 is 0 Å². The molecule has 0 spiro atoms. The van der Waals surface area contributed by atoms with E-state index < -0.39 is 15.7 Å². The average molecular weight is 335 g/mol. The van der Waals surface area contributed by atoms with Crippen LogP contribution in [0.1, 0.15) is 6.92 Å². The van der Waals surface area contributed by atoms with Crippen LogP contribution in [0.4, 0.5) is 4.39 Å². The predicted molar refractivity (Wildman–Crippen MR) is 83.6 cm³/mol. The van der Waals surface area contributed by atoms with Gasteiger partial charge in [0.15, 0.2) is 9.84 Å². The highest BCUT2D eigenvalue weighted by molar-refractivity contribution is 7.91. The summed E-state index contributed by atoms with van der Waals surface area (Å²) in [6, 6.07) is 3.64. The Morgan fingerprint density at radius 3 is 2.74 bits per heavy atom. The van der Waals surface area contributed by atoms with Gasteiger partial charge in [-0.1, -0.05) is 6.92 Å². The van der Waals surface area contributed by atoms with Gasteiger partial charge in [0, 0.05) is 18.8 Å². The summed E-state index contributed by atoms with van der Waals surface area (Å²) in [4.78, 5) is 16.0. The lowest BCUT2D eigenvalue weighted by Gasteiger charge is -2.11. The van der Waals surface area contributed by atoms with Crippen molar-refractivity contribution in [2.24, 2.45) is 7.05 Å². The molecule has 3 rings (SSSR count). The lowest BCUT2D eigenvalue weighted by atomic mass is 10.1. The monoisotopic (exact) mass is 335 g/mol. The van der Waals surface area contributed by atoms with E-state index in [-0.39, 0.29) is 27.3 Å². The molecule has 0 aliphatic carbocycles. The first kappa shape index (κ1) is 15.4. The summed E-state index contributed by atoms with van der Waals surface area (Å²) in [6.45, 7) is 1.53. The standard InChI is InChI=1S/C15H14FN3O3S/c1-3-23(21,22)10-4-5-12(16)11(6-10)14-8-18(2)15(20)13-7-17-9-19(13)14/h4-9H,3H2,1-2H3. The van der Waals surface area contributed by atoms with Crippen LogP contribution < -0.4 is 5.56 Å². The molecular weight excluding hydrogens is 321 g/mol. The Labute approximate surface area is 131 Å². The summed E-state index contributed by atoms with van der Waals surface area (Å²) in [5, 5.41) is 0. The van der Waals surface area contributed by atoms with E-state index in [0.717, 1.165) is 6.07 Å². The van der Waals surface area contributed by atoms with Gasteiger partial charge in [-0.3, -0.25) is 9.20 Å². The number of hydrogen-bond donors (Lipinski definition) is 0. The Kier molecular flexibility index (Phi) is 3.56. The molecule has 0 atom stereocenters. The second-order valence-electron chi connectivity index (χ2n) is 5.12. The number of halogens is 1. The fourth-order valence-corrected chi connectivity index (χ4v) is 3.30. The first-order chi connectivity index (χ1) is 10.8. The summed E-state index contributed by atoms with van der Waals surface area (Å²) in [5.41, 5.74) is 0.459. The molecule has 0 unspecified atom stereocenters. The first-order valence-corrected chi connectivity index (χ1v) is 8.54. The summed E-state index contributed by atoms with van der Waals surface area (Å²) in [6.07, 6.45) is 4.24. The van der Waals surface area contributed by atoms with E-state index in [1.165, 1.54) is 46.7 Å². The molecule has 2 aromatic heterocycles. The lowest BCUT2D eigenvalue weighted by Crippen LogP contribution is -2.19. The molecule has 0 saturated carbocycles. The molecule has 0 amide bonds. The van der Waals surface area contributed by atoms with Crippen molar-refractivity contribution in [1.29, 1.82) is 0 Å². The van der Waals surface area contributed by atoms with E-state index in [4.69, 9.17) is 0 Å². The largest absolute Gasteiger partial charge is 0.315 e. The molecule has 0 aliphatic heterocycles. The van der Waals surface area contributed by atoms with Gasteiger partial charge in [-0.05, 0) is 18.2 Å². The second kappa shape index (κ2) is 5.31. The van der Waals surface area contributed by atoms with Crippen LogP contribution in [0.15, 0.2) is 46.6 Å². The molecule has 2 heterocycles. The summed E-state index contributed by atoms with van der Waals surface area (Å²) in [7, 11) is -1.92. The fourth-order valence-electron chi connectivity index (χ4n) is 2.39. The van der Waals surface area contributed by atoms with Crippen molar-refractivity contribution in [3.8, 4) is 11.3 Å². The molecule has 0 aliphatic rings. The Morgan fingerprint density at radius 1 is 1.30 bits per heavy atom. The molecule has 0 saturated heterocycles. The minimum absolute atomic E-state index is 0.0403. The van der Waals surface area contributed by atoms with Gasteiger partial charge >= 0.3 is 0 Å². The number of benzene rings is 1. The topological polar surface area (TPSA) is 73.4 Å². The molecule has 0 fully saturated rings. The van der Waals surface area contributed by atoms with Crippen molar-refractivity contribution in [2.75, 3.05) is 5.75 Å². The number of imidazole rings is 1. The highest BCUT2D eigenvalue weighted by atomic mass is 32.2. The molecule has 3 aromatic rings. The third kappa shape index (κ3) is 2.44. The number of rotatable bonds is 3. The number of aromatic nitrogens is 3. The Morgan fingerprint density at radius 2 is 2.04 bits per heavy atom. The minimum Gasteiger partial charge on any atom is -0.315 e. The van der Waals surface area contributed by atoms with Gasteiger partial charge in [-0.2, -0.15) is 0 Å². The predicted octanol–water partition coefficient (Wildman–Crippen LogP) is 1.63. The lowest BCUT2D eigenvalue weighted by molar-refractivity contribution is 0.596. The zero-order valence-corrected chi connectivity index (χ0v) is 13.3. The third-order valence-corrected chi connectivity index (χ3v) is 5.44. The Balaban J connectivity index is 2.36. The van der Waals surface area contributed by atoms with Crippen LogP contribution in [0.25, 0.3) is 16.8 Å². The second-order valence-corrected chi connectivity index (χ2v) is 7.40. The zero-order valence-electron chi connectivity index (χ0n) is 12.5. The number of fused-ring (bicyclic) bond motifs is 1. The van der Waals surface area contributed by atoms with E-state index in [2.05, 4.69) is 4.98 Å². The molecule has 1 aromatic carbocycles. The minimum atomic E-state index is -3.46. The van der Waals surface area contributed by atoms with Gasteiger partial charge in [-0.15, -0.1) is 0 Å². The Hall–Kier alpha value is -2.48. The van der Waals surface area contributed by atoms with Crippen molar-refractivity contribution in [1.82, 2.24) is 14.0 Å². The van der Waals surface area contributed by atoms with Crippen LogP contribution in [0.3, 0.4) is 0 Å². The molecule has 23 heavy (non-hydrogen) atoms. The zero-order chi connectivity index (χ0) is 16.8. The van der Waals surface area contributed by atoms with Gasteiger partial charge in [0.25, 0.3) is 5.56 Å². The first-order valence-electron chi connectivity index (χ1n) is 6.89. The van der Waals surface area contributed by atoms with Crippen LogP contribution in [-0.2, 0) is 16.9 Å². The molecule has 0 N–H and O–H groups in total. The van der Waals surface area contributed by atoms with Crippen LogP contribution in [-0.4, -0.2) is 28.1 Å². The summed E-state index contributed by atoms with van der Waals surface area (Å²) in [5.74, 6) is -0.653. The number of aryl methyl sites for hydroxylation is 1. The van der Waals surface area contributed by atoms with Crippen molar-refractivity contribution in [2.45, 2.75) is 11.8 Å². The van der Waals surface area contributed by atoms with Crippen molar-refractivity contribution in [3.63, 3.8) is 0 Å². The van der Waals surface area contributed by atoms with E-state index in [9.17, 15) is 17.6 Å². The molecule has 120 valence electrons. The summed E-state index contributed by atoms with van der Waals surface area (Å²) >= 11 is 0. The third-order valence-electron chi connectivity index (χ3n) is 3.71. The maximum atomic E-state index is 14.3.